The first-order chi connectivity index (χ1) is 7.95. The van der Waals surface area contributed by atoms with Gasteiger partial charge in [0, 0.05) is 11.6 Å². The quantitative estimate of drug-likeness (QED) is 0.818. The molecule has 0 bridgehead atoms. The Hall–Kier alpha value is -1.62. The van der Waals surface area contributed by atoms with Crippen LogP contribution in [-0.4, -0.2) is 24.3 Å². The maximum Gasteiger partial charge on any atom is 0.346 e. The number of carbonyl (C=O) groups excluding carboxylic acids is 1. The lowest BCUT2D eigenvalue weighted by atomic mass is 10.1. The van der Waals surface area contributed by atoms with E-state index in [4.69, 9.17) is 4.74 Å². The highest BCUT2D eigenvalue weighted by Crippen LogP contribution is 2.27. The van der Waals surface area contributed by atoms with Gasteiger partial charge in [-0.25, -0.2) is 9.18 Å². The maximum absolute atomic E-state index is 13.1. The molecule has 0 heterocycles. The molecule has 0 spiro atoms. The first-order valence-corrected chi connectivity index (χ1v) is 5.17. The normalized spacial score (nSPS) is 13.9. The SMILES string of the molecule is COC(=O)C(C)Oc1cc(F)ccc1C(C)O. The van der Waals surface area contributed by atoms with Gasteiger partial charge < -0.3 is 14.6 Å². The van der Waals surface area contributed by atoms with E-state index in [0.29, 0.717) is 5.56 Å². The van der Waals surface area contributed by atoms with Crippen LogP contribution in [0.15, 0.2) is 18.2 Å². The van der Waals surface area contributed by atoms with Crippen LogP contribution in [0.25, 0.3) is 0 Å². The maximum atomic E-state index is 13.1. The average molecular weight is 242 g/mol. The molecule has 0 amide bonds. The van der Waals surface area contributed by atoms with E-state index in [0.717, 1.165) is 6.07 Å². The van der Waals surface area contributed by atoms with Gasteiger partial charge in [0.05, 0.1) is 13.2 Å². The lowest BCUT2D eigenvalue weighted by molar-refractivity contribution is -0.148. The van der Waals surface area contributed by atoms with Gasteiger partial charge in [0.2, 0.25) is 0 Å². The Morgan fingerprint density at radius 1 is 1.41 bits per heavy atom. The zero-order chi connectivity index (χ0) is 13.0. The van der Waals surface area contributed by atoms with Crippen molar-refractivity contribution in [1.29, 1.82) is 0 Å². The number of aliphatic hydroxyl groups is 1. The molecular formula is C12H15FO4. The Labute approximate surface area is 99.0 Å². The molecular weight excluding hydrogens is 227 g/mol. The Balaban J connectivity index is 2.96. The highest BCUT2D eigenvalue weighted by molar-refractivity contribution is 5.74. The molecule has 0 aromatic heterocycles. The summed E-state index contributed by atoms with van der Waals surface area (Å²) in [5.74, 6) is -0.926. The Bertz CT molecular complexity index is 403. The lowest BCUT2D eigenvalue weighted by Gasteiger charge is -2.17. The van der Waals surface area contributed by atoms with Crippen LogP contribution in [0.3, 0.4) is 0 Å². The van der Waals surface area contributed by atoms with Crippen molar-refractivity contribution in [2.75, 3.05) is 7.11 Å². The lowest BCUT2D eigenvalue weighted by Crippen LogP contribution is -2.25. The number of methoxy groups -OCH3 is 1. The van der Waals surface area contributed by atoms with Gasteiger partial charge in [0.1, 0.15) is 11.6 Å². The zero-order valence-electron chi connectivity index (χ0n) is 9.94. The van der Waals surface area contributed by atoms with Gasteiger partial charge in [-0.2, -0.15) is 0 Å². The van der Waals surface area contributed by atoms with Crippen LogP contribution in [0, 0.1) is 5.82 Å². The largest absolute Gasteiger partial charge is 0.479 e. The fourth-order valence-electron chi connectivity index (χ4n) is 1.36. The Morgan fingerprint density at radius 3 is 2.59 bits per heavy atom. The van der Waals surface area contributed by atoms with Gasteiger partial charge in [0.15, 0.2) is 6.10 Å². The van der Waals surface area contributed by atoms with Crippen LogP contribution < -0.4 is 4.74 Å². The predicted molar refractivity (Wildman–Crippen MR) is 59.1 cm³/mol. The van der Waals surface area contributed by atoms with Gasteiger partial charge >= 0.3 is 5.97 Å². The van der Waals surface area contributed by atoms with Crippen LogP contribution in [0.1, 0.15) is 25.5 Å². The van der Waals surface area contributed by atoms with Gasteiger partial charge in [-0.05, 0) is 26.0 Å². The fraction of sp³-hybridized carbons (Fsp3) is 0.417. The third-order valence-corrected chi connectivity index (χ3v) is 2.26. The number of rotatable bonds is 4. The summed E-state index contributed by atoms with van der Waals surface area (Å²) in [6.07, 6.45) is -1.67. The Kier molecular flexibility index (Phi) is 4.45. The van der Waals surface area contributed by atoms with Crippen LogP contribution >= 0.6 is 0 Å². The van der Waals surface area contributed by atoms with E-state index in [1.54, 1.807) is 0 Å². The summed E-state index contributed by atoms with van der Waals surface area (Å²) in [6.45, 7) is 3.02. The third-order valence-electron chi connectivity index (χ3n) is 2.26. The van der Waals surface area contributed by atoms with Crippen molar-refractivity contribution >= 4 is 5.97 Å². The van der Waals surface area contributed by atoms with Gasteiger partial charge in [-0.3, -0.25) is 0 Å². The first-order valence-electron chi connectivity index (χ1n) is 5.17. The fourth-order valence-corrected chi connectivity index (χ4v) is 1.36. The summed E-state index contributed by atoms with van der Waals surface area (Å²) < 4.78 is 22.8. The van der Waals surface area contributed by atoms with Crippen molar-refractivity contribution in [3.05, 3.63) is 29.6 Å². The van der Waals surface area contributed by atoms with Crippen molar-refractivity contribution in [3.63, 3.8) is 0 Å². The molecule has 0 aliphatic heterocycles. The molecule has 2 atom stereocenters. The minimum Gasteiger partial charge on any atom is -0.479 e. The molecule has 5 heteroatoms. The van der Waals surface area contributed by atoms with E-state index in [9.17, 15) is 14.3 Å². The van der Waals surface area contributed by atoms with E-state index in [1.807, 2.05) is 0 Å². The molecule has 17 heavy (non-hydrogen) atoms. The van der Waals surface area contributed by atoms with E-state index >= 15 is 0 Å². The summed E-state index contributed by atoms with van der Waals surface area (Å²) in [4.78, 5) is 11.2. The summed E-state index contributed by atoms with van der Waals surface area (Å²) in [6, 6.07) is 3.76. The molecule has 0 fully saturated rings. The van der Waals surface area contributed by atoms with Crippen LogP contribution in [0.4, 0.5) is 4.39 Å². The van der Waals surface area contributed by atoms with Crippen molar-refractivity contribution < 1.29 is 23.8 Å². The summed E-state index contributed by atoms with van der Waals surface area (Å²) >= 11 is 0. The number of ether oxygens (including phenoxy) is 2. The molecule has 2 unspecified atom stereocenters. The molecule has 94 valence electrons. The predicted octanol–water partition coefficient (Wildman–Crippen LogP) is 1.82. The second kappa shape index (κ2) is 5.63. The topological polar surface area (TPSA) is 55.8 Å². The number of benzene rings is 1. The molecule has 1 N–H and O–H groups in total. The molecule has 0 radical (unpaired) electrons. The van der Waals surface area contributed by atoms with Gasteiger partial charge in [0.25, 0.3) is 0 Å². The van der Waals surface area contributed by atoms with Gasteiger partial charge in [-0.15, -0.1) is 0 Å². The molecule has 1 rings (SSSR count). The Morgan fingerprint density at radius 2 is 2.06 bits per heavy atom. The van der Waals surface area contributed by atoms with Crippen molar-refractivity contribution in [1.82, 2.24) is 0 Å². The van der Waals surface area contributed by atoms with E-state index in [-0.39, 0.29) is 5.75 Å². The minimum atomic E-state index is -0.862. The summed E-state index contributed by atoms with van der Waals surface area (Å²) in [5, 5.41) is 9.49. The molecule has 0 aliphatic rings. The third kappa shape index (κ3) is 3.42. The van der Waals surface area contributed by atoms with Crippen molar-refractivity contribution in [2.24, 2.45) is 0 Å². The molecule has 1 aromatic carbocycles. The number of aliphatic hydroxyl groups excluding tert-OH is 1. The van der Waals surface area contributed by atoms with E-state index < -0.39 is 24.0 Å². The van der Waals surface area contributed by atoms with E-state index in [1.165, 1.54) is 33.1 Å². The number of hydrogen-bond donors (Lipinski definition) is 1. The highest BCUT2D eigenvalue weighted by Gasteiger charge is 2.18. The number of hydrogen-bond acceptors (Lipinski definition) is 4. The highest BCUT2D eigenvalue weighted by atomic mass is 19.1. The van der Waals surface area contributed by atoms with Crippen LogP contribution in [0.2, 0.25) is 0 Å². The monoisotopic (exact) mass is 242 g/mol. The molecule has 0 saturated heterocycles. The summed E-state index contributed by atoms with van der Waals surface area (Å²) in [5.41, 5.74) is 0.419. The second-order valence-corrected chi connectivity index (χ2v) is 3.64. The van der Waals surface area contributed by atoms with E-state index in [2.05, 4.69) is 4.74 Å². The average Bonchev–Trinajstić information content (AvgIpc) is 2.27. The zero-order valence-corrected chi connectivity index (χ0v) is 9.94. The smallest absolute Gasteiger partial charge is 0.346 e. The molecule has 0 saturated carbocycles. The molecule has 4 nitrogen and oxygen atoms in total. The number of esters is 1. The van der Waals surface area contributed by atoms with Crippen molar-refractivity contribution in [2.45, 2.75) is 26.1 Å². The summed E-state index contributed by atoms with van der Waals surface area (Å²) in [7, 11) is 1.24. The molecule has 0 aliphatic carbocycles. The van der Waals surface area contributed by atoms with Crippen LogP contribution in [-0.2, 0) is 9.53 Å². The van der Waals surface area contributed by atoms with Crippen LogP contribution in [0.5, 0.6) is 5.75 Å². The number of halogens is 1. The first kappa shape index (κ1) is 13.4. The second-order valence-electron chi connectivity index (χ2n) is 3.64. The molecule has 1 aromatic rings. The minimum absolute atomic E-state index is 0.137. The van der Waals surface area contributed by atoms with Crippen molar-refractivity contribution in [3.8, 4) is 5.75 Å². The van der Waals surface area contributed by atoms with Gasteiger partial charge in [-0.1, -0.05) is 0 Å². The standard InChI is InChI=1S/C12H15FO4/c1-7(14)10-5-4-9(13)6-11(10)17-8(2)12(15)16-3/h4-8,14H,1-3H3. The number of carbonyl (C=O) groups is 1.